The molecule has 0 spiro atoms. The molecule has 1 aliphatic rings. The van der Waals surface area contributed by atoms with Gasteiger partial charge in [0, 0.05) is 0 Å². The Morgan fingerprint density at radius 2 is 1.73 bits per heavy atom. The van der Waals surface area contributed by atoms with E-state index < -0.39 is 0 Å². The summed E-state index contributed by atoms with van der Waals surface area (Å²) in [5.74, 6) is 0. The molecular weight excluding hydrogens is 236 g/mol. The Morgan fingerprint density at radius 3 is 2.53 bits per heavy atom. The Bertz CT molecular complexity index is 506. The molecule has 3 rings (SSSR count). The third-order valence-electron chi connectivity index (χ3n) is 2.28. The van der Waals surface area contributed by atoms with Crippen LogP contribution in [-0.4, -0.2) is 0 Å². The fourth-order valence-corrected chi connectivity index (χ4v) is 1.59. The van der Waals surface area contributed by atoms with Gasteiger partial charge in [-0.25, -0.2) is 0 Å². The number of fused-ring (bicyclic) bond motifs is 2. The smallest absolute Gasteiger partial charge is 0.184 e. The van der Waals surface area contributed by atoms with Crippen molar-refractivity contribution in [3.63, 3.8) is 0 Å². The molecule has 3 heteroatoms. The van der Waals surface area contributed by atoms with Crippen LogP contribution in [0.3, 0.4) is 0 Å². The minimum atomic E-state index is 0. The molecule has 0 N–H and O–H groups in total. The van der Waals surface area contributed by atoms with Crippen molar-refractivity contribution in [2.75, 3.05) is 0 Å². The zero-order valence-corrected chi connectivity index (χ0v) is 8.68. The van der Waals surface area contributed by atoms with E-state index in [1.54, 1.807) is 0 Å². The van der Waals surface area contributed by atoms with Crippen LogP contribution in [-0.2, 0) is 17.1 Å². The minimum Gasteiger partial charge on any atom is -0.184 e. The molecule has 0 saturated carbocycles. The molecule has 2 bridgehead atoms. The quantitative estimate of drug-likeness (QED) is 0.457. The number of azo groups is 1. The average molecular weight is 243 g/mol. The normalized spacial score (nSPS) is 11.2. The molecule has 0 unspecified atom stereocenters. The summed E-state index contributed by atoms with van der Waals surface area (Å²) in [6.45, 7) is 0. The van der Waals surface area contributed by atoms with Crippen molar-refractivity contribution in [1.29, 1.82) is 0 Å². The predicted molar refractivity (Wildman–Crippen MR) is 54.9 cm³/mol. The minimum absolute atomic E-state index is 0. The van der Waals surface area contributed by atoms with Gasteiger partial charge >= 0.3 is 17.1 Å². The maximum Gasteiger partial charge on any atom is 1.00 e. The van der Waals surface area contributed by atoms with Gasteiger partial charge in [-0.1, -0.05) is 6.07 Å². The number of hydrogen-bond acceptors (Lipinski definition) is 2. The van der Waals surface area contributed by atoms with Crippen LogP contribution in [0, 0.1) is 6.07 Å². The molecule has 15 heavy (non-hydrogen) atoms. The Balaban J connectivity index is 0.000000853. The molecule has 0 amide bonds. The van der Waals surface area contributed by atoms with E-state index in [0.29, 0.717) is 0 Å². The standard InChI is InChI=1S/C12H7N2.Cu/c1-2-4-9(5-3-1)11-7-6-10-8-12(11)14-13-10;/h2-8H;/q-1;+1. The van der Waals surface area contributed by atoms with Gasteiger partial charge in [-0.3, -0.25) is 0 Å². The van der Waals surface area contributed by atoms with E-state index in [1.165, 1.54) is 0 Å². The topological polar surface area (TPSA) is 24.7 Å². The summed E-state index contributed by atoms with van der Waals surface area (Å²) in [7, 11) is 0. The van der Waals surface area contributed by atoms with Gasteiger partial charge in [0.05, 0.1) is 11.4 Å². The molecule has 0 aromatic heterocycles. The van der Waals surface area contributed by atoms with E-state index in [1.807, 2.05) is 36.4 Å². The molecule has 2 aromatic rings. The van der Waals surface area contributed by atoms with E-state index in [9.17, 15) is 0 Å². The van der Waals surface area contributed by atoms with E-state index in [2.05, 4.69) is 22.4 Å². The molecule has 2 aromatic carbocycles. The molecular formula is C12H7CuN2. The fourth-order valence-electron chi connectivity index (χ4n) is 1.59. The van der Waals surface area contributed by atoms with Crippen LogP contribution in [0.2, 0.25) is 0 Å². The fraction of sp³-hybridized carbons (Fsp3) is 0. The van der Waals surface area contributed by atoms with Crippen molar-refractivity contribution < 1.29 is 17.1 Å². The first-order chi connectivity index (χ1) is 6.93. The first kappa shape index (κ1) is 10.1. The second kappa shape index (κ2) is 3.97. The molecule has 2 nitrogen and oxygen atoms in total. The Morgan fingerprint density at radius 1 is 0.933 bits per heavy atom. The number of nitrogens with zero attached hydrogens (tertiary/aromatic N) is 2. The SMILES string of the molecule is [Cu+].[c-]1ccc(-c2ccc3cc2N=N3)cc1. The van der Waals surface area contributed by atoms with Gasteiger partial charge in [0.25, 0.3) is 0 Å². The summed E-state index contributed by atoms with van der Waals surface area (Å²) in [4.78, 5) is 0. The maximum atomic E-state index is 4.09. The summed E-state index contributed by atoms with van der Waals surface area (Å²) in [6.07, 6.45) is 0. The van der Waals surface area contributed by atoms with Gasteiger partial charge < -0.3 is 0 Å². The molecule has 0 fully saturated rings. The molecule has 1 aliphatic heterocycles. The molecule has 76 valence electrons. The van der Waals surface area contributed by atoms with Gasteiger partial charge in [0.15, 0.2) is 0 Å². The van der Waals surface area contributed by atoms with E-state index in [-0.39, 0.29) is 17.1 Å². The third kappa shape index (κ3) is 1.72. The van der Waals surface area contributed by atoms with E-state index in [4.69, 9.17) is 0 Å². The third-order valence-corrected chi connectivity index (χ3v) is 2.28. The van der Waals surface area contributed by atoms with Crippen LogP contribution < -0.4 is 0 Å². The summed E-state index contributed by atoms with van der Waals surface area (Å²) in [6, 6.07) is 16.9. The van der Waals surface area contributed by atoms with Gasteiger partial charge in [0.2, 0.25) is 0 Å². The average Bonchev–Trinajstić information content (AvgIpc) is 2.62. The largest absolute Gasteiger partial charge is 1.00 e. The number of rotatable bonds is 1. The summed E-state index contributed by atoms with van der Waals surface area (Å²) >= 11 is 0. The second-order valence-corrected chi connectivity index (χ2v) is 3.19. The van der Waals surface area contributed by atoms with E-state index >= 15 is 0 Å². The Kier molecular flexibility index (Phi) is 2.67. The van der Waals surface area contributed by atoms with Gasteiger partial charge in [-0.15, -0.1) is 10.7 Å². The summed E-state index contributed by atoms with van der Waals surface area (Å²) < 4.78 is 0. The van der Waals surface area contributed by atoms with Crippen molar-refractivity contribution in [2.45, 2.75) is 0 Å². The molecule has 0 atom stereocenters. The van der Waals surface area contributed by atoms with Crippen LogP contribution in [0.15, 0.2) is 52.7 Å². The Labute approximate surface area is 98.5 Å². The summed E-state index contributed by atoms with van der Waals surface area (Å²) in [5.41, 5.74) is 4.18. The summed E-state index contributed by atoms with van der Waals surface area (Å²) in [5, 5.41) is 8.10. The van der Waals surface area contributed by atoms with Crippen molar-refractivity contribution >= 4 is 11.4 Å². The monoisotopic (exact) mass is 242 g/mol. The van der Waals surface area contributed by atoms with Crippen LogP contribution in [0.1, 0.15) is 0 Å². The zero-order chi connectivity index (χ0) is 9.38. The van der Waals surface area contributed by atoms with Crippen LogP contribution in [0.5, 0.6) is 0 Å². The number of benzene rings is 2. The second-order valence-electron chi connectivity index (χ2n) is 3.19. The van der Waals surface area contributed by atoms with Crippen LogP contribution in [0.25, 0.3) is 11.1 Å². The maximum absolute atomic E-state index is 4.09. The first-order valence-corrected chi connectivity index (χ1v) is 4.46. The van der Waals surface area contributed by atoms with Crippen molar-refractivity contribution in [2.24, 2.45) is 10.2 Å². The molecule has 0 radical (unpaired) electrons. The molecule has 1 heterocycles. The molecule has 0 saturated heterocycles. The van der Waals surface area contributed by atoms with E-state index in [0.717, 1.165) is 22.5 Å². The van der Waals surface area contributed by atoms with Crippen LogP contribution in [0.4, 0.5) is 11.4 Å². The van der Waals surface area contributed by atoms with Gasteiger partial charge in [0.1, 0.15) is 0 Å². The Hall–Kier alpha value is -1.44. The molecule has 0 aliphatic carbocycles. The number of hydrogen-bond donors (Lipinski definition) is 0. The predicted octanol–water partition coefficient (Wildman–Crippen LogP) is 3.88. The van der Waals surface area contributed by atoms with Crippen molar-refractivity contribution in [1.82, 2.24) is 0 Å². The van der Waals surface area contributed by atoms with Crippen molar-refractivity contribution in [3.05, 3.63) is 48.5 Å². The van der Waals surface area contributed by atoms with Crippen LogP contribution >= 0.6 is 0 Å². The van der Waals surface area contributed by atoms with Crippen molar-refractivity contribution in [3.8, 4) is 11.1 Å². The first-order valence-electron chi connectivity index (χ1n) is 4.46. The van der Waals surface area contributed by atoms with Gasteiger partial charge in [-0.05, 0) is 17.7 Å². The van der Waals surface area contributed by atoms with Gasteiger partial charge in [-0.2, -0.15) is 35.4 Å². The zero-order valence-electron chi connectivity index (χ0n) is 7.74.